The van der Waals surface area contributed by atoms with Gasteiger partial charge in [0.05, 0.1) is 12.1 Å². The molecular formula is C13H26N4O2. The minimum atomic E-state index is -0.251. The van der Waals surface area contributed by atoms with Gasteiger partial charge < -0.3 is 19.8 Å². The first-order chi connectivity index (χ1) is 8.93. The van der Waals surface area contributed by atoms with Gasteiger partial charge in [0.15, 0.2) is 0 Å². The van der Waals surface area contributed by atoms with Crippen LogP contribution in [0.25, 0.3) is 0 Å². The second kappa shape index (κ2) is 7.45. The summed E-state index contributed by atoms with van der Waals surface area (Å²) in [4.78, 5) is 0. The van der Waals surface area contributed by atoms with Crippen LogP contribution in [0, 0.1) is 5.92 Å². The molecule has 0 unspecified atom stereocenters. The highest BCUT2D eigenvalue weighted by atomic mass is 16.5. The van der Waals surface area contributed by atoms with E-state index in [2.05, 4.69) is 34.7 Å². The molecule has 0 aliphatic carbocycles. The molecule has 2 N–H and O–H groups in total. The van der Waals surface area contributed by atoms with Gasteiger partial charge in [0.1, 0.15) is 0 Å². The van der Waals surface area contributed by atoms with Crippen molar-refractivity contribution >= 4 is 6.01 Å². The number of hydrogen-bond donors (Lipinski definition) is 2. The van der Waals surface area contributed by atoms with Gasteiger partial charge in [-0.15, -0.1) is 5.10 Å². The molecule has 0 spiro atoms. The Morgan fingerprint density at radius 3 is 2.68 bits per heavy atom. The van der Waals surface area contributed by atoms with Crippen LogP contribution >= 0.6 is 0 Å². The van der Waals surface area contributed by atoms with Crippen LogP contribution in [0.2, 0.25) is 0 Å². The Balaban J connectivity index is 2.34. The molecule has 1 heterocycles. The molecule has 19 heavy (non-hydrogen) atoms. The normalized spacial score (nSPS) is 12.1. The number of anilines is 1. The fourth-order valence-electron chi connectivity index (χ4n) is 1.59. The van der Waals surface area contributed by atoms with Gasteiger partial charge in [-0.05, 0) is 33.2 Å². The summed E-state index contributed by atoms with van der Waals surface area (Å²) in [6, 6.07) is 0.439. The van der Waals surface area contributed by atoms with Crippen molar-refractivity contribution in [1.29, 1.82) is 0 Å². The molecule has 0 saturated carbocycles. The van der Waals surface area contributed by atoms with Crippen molar-refractivity contribution in [1.82, 2.24) is 15.5 Å². The average Bonchev–Trinajstić information content (AvgIpc) is 2.74. The zero-order valence-electron chi connectivity index (χ0n) is 12.6. The first-order valence-electron chi connectivity index (χ1n) is 6.84. The highest BCUT2D eigenvalue weighted by Gasteiger charge is 2.18. The third kappa shape index (κ3) is 6.54. The molecule has 0 aliphatic heterocycles. The fraction of sp³-hybridized carbons (Fsp3) is 0.846. The number of aromatic nitrogens is 2. The largest absolute Gasteiger partial charge is 0.407 e. The summed E-state index contributed by atoms with van der Waals surface area (Å²) in [7, 11) is 0. The average molecular weight is 270 g/mol. The molecule has 6 nitrogen and oxygen atoms in total. The van der Waals surface area contributed by atoms with Crippen LogP contribution in [0.1, 0.15) is 40.5 Å². The van der Waals surface area contributed by atoms with E-state index in [1.807, 2.05) is 20.8 Å². The van der Waals surface area contributed by atoms with Crippen LogP contribution in [0.15, 0.2) is 4.42 Å². The van der Waals surface area contributed by atoms with E-state index < -0.39 is 0 Å². The maximum atomic E-state index is 5.58. The summed E-state index contributed by atoms with van der Waals surface area (Å²) in [5.41, 5.74) is -0.251. The lowest BCUT2D eigenvalue weighted by atomic mass is 10.1. The molecule has 0 atom stereocenters. The van der Waals surface area contributed by atoms with Crippen molar-refractivity contribution in [3.8, 4) is 0 Å². The van der Waals surface area contributed by atoms with Crippen LogP contribution in [0.3, 0.4) is 0 Å². The summed E-state index contributed by atoms with van der Waals surface area (Å²) < 4.78 is 11.1. The first kappa shape index (κ1) is 15.9. The summed E-state index contributed by atoms with van der Waals surface area (Å²) in [5, 5.41) is 14.3. The standard InChI is InChI=1S/C13H26N4O2/c1-6-18-13(4,5)9-15-12-17-16-11(19-12)8-14-7-10(2)3/h10,14H,6-9H2,1-5H3,(H,15,17). The molecule has 0 fully saturated rings. The lowest BCUT2D eigenvalue weighted by molar-refractivity contribution is 0.000338. The topological polar surface area (TPSA) is 72.2 Å². The summed E-state index contributed by atoms with van der Waals surface area (Å²) in [6.45, 7) is 13.2. The summed E-state index contributed by atoms with van der Waals surface area (Å²) >= 11 is 0. The quantitative estimate of drug-likeness (QED) is 0.715. The van der Waals surface area contributed by atoms with Gasteiger partial charge >= 0.3 is 6.01 Å². The van der Waals surface area contributed by atoms with Crippen LogP contribution in [-0.2, 0) is 11.3 Å². The van der Waals surface area contributed by atoms with Gasteiger partial charge in [0.25, 0.3) is 0 Å². The van der Waals surface area contributed by atoms with E-state index >= 15 is 0 Å². The summed E-state index contributed by atoms with van der Waals surface area (Å²) in [5.74, 6) is 1.20. The SMILES string of the molecule is CCOC(C)(C)CNc1nnc(CNCC(C)C)o1. The van der Waals surface area contributed by atoms with Crippen molar-refractivity contribution in [3.63, 3.8) is 0 Å². The lowest BCUT2D eigenvalue weighted by Crippen LogP contribution is -2.33. The lowest BCUT2D eigenvalue weighted by Gasteiger charge is -2.24. The third-order valence-electron chi connectivity index (χ3n) is 2.50. The Hall–Kier alpha value is -1.14. The van der Waals surface area contributed by atoms with Gasteiger partial charge in [0.2, 0.25) is 5.89 Å². The molecule has 0 aromatic carbocycles. The monoisotopic (exact) mass is 270 g/mol. The number of nitrogens with zero attached hydrogens (tertiary/aromatic N) is 2. The highest BCUT2D eigenvalue weighted by Crippen LogP contribution is 2.11. The third-order valence-corrected chi connectivity index (χ3v) is 2.50. The van der Waals surface area contributed by atoms with Crippen molar-refractivity contribution in [2.45, 2.75) is 46.8 Å². The second-order valence-corrected chi connectivity index (χ2v) is 5.57. The molecule has 110 valence electrons. The molecule has 0 amide bonds. The predicted octanol–water partition coefficient (Wildman–Crippen LogP) is 2.04. The van der Waals surface area contributed by atoms with Gasteiger partial charge in [0, 0.05) is 13.2 Å². The van der Waals surface area contributed by atoms with E-state index in [-0.39, 0.29) is 5.60 Å². The van der Waals surface area contributed by atoms with Crippen LogP contribution in [0.5, 0.6) is 0 Å². The molecule has 1 rings (SSSR count). The van der Waals surface area contributed by atoms with Crippen molar-refractivity contribution in [2.75, 3.05) is 25.0 Å². The van der Waals surface area contributed by atoms with Crippen LogP contribution in [-0.4, -0.2) is 35.5 Å². The second-order valence-electron chi connectivity index (χ2n) is 5.57. The predicted molar refractivity (Wildman–Crippen MR) is 75.0 cm³/mol. The zero-order valence-corrected chi connectivity index (χ0v) is 12.6. The van der Waals surface area contributed by atoms with Gasteiger partial charge in [-0.25, -0.2) is 0 Å². The Kier molecular flexibility index (Phi) is 6.24. The Bertz CT molecular complexity index is 363. The fourth-order valence-corrected chi connectivity index (χ4v) is 1.59. The molecule has 1 aromatic heterocycles. The zero-order chi connectivity index (χ0) is 14.3. The minimum Gasteiger partial charge on any atom is -0.407 e. The molecule has 0 bridgehead atoms. The van der Waals surface area contributed by atoms with Crippen molar-refractivity contribution in [2.24, 2.45) is 5.92 Å². The van der Waals surface area contributed by atoms with Crippen LogP contribution in [0.4, 0.5) is 6.01 Å². The number of hydrogen-bond acceptors (Lipinski definition) is 6. The van der Waals surface area contributed by atoms with E-state index in [0.717, 1.165) is 6.54 Å². The molecule has 6 heteroatoms. The van der Waals surface area contributed by atoms with Crippen molar-refractivity contribution in [3.05, 3.63) is 5.89 Å². The molecular weight excluding hydrogens is 244 g/mol. The van der Waals surface area contributed by atoms with Crippen LogP contribution < -0.4 is 10.6 Å². The number of ether oxygens (including phenoxy) is 1. The first-order valence-corrected chi connectivity index (χ1v) is 6.84. The van der Waals surface area contributed by atoms with E-state index in [1.165, 1.54) is 0 Å². The van der Waals surface area contributed by atoms with E-state index in [1.54, 1.807) is 0 Å². The maximum Gasteiger partial charge on any atom is 0.315 e. The number of nitrogens with one attached hydrogen (secondary N) is 2. The Morgan fingerprint density at radius 1 is 1.32 bits per heavy atom. The maximum absolute atomic E-state index is 5.58. The molecule has 1 aromatic rings. The summed E-state index contributed by atoms with van der Waals surface area (Å²) in [6.07, 6.45) is 0. The Labute approximate surface area is 115 Å². The van der Waals surface area contributed by atoms with Crippen molar-refractivity contribution < 1.29 is 9.15 Å². The minimum absolute atomic E-state index is 0.251. The highest BCUT2D eigenvalue weighted by molar-refractivity contribution is 5.17. The molecule has 0 radical (unpaired) electrons. The van der Waals surface area contributed by atoms with Gasteiger partial charge in [-0.2, -0.15) is 0 Å². The number of rotatable bonds is 9. The molecule has 0 aliphatic rings. The Morgan fingerprint density at radius 2 is 2.05 bits per heavy atom. The van der Waals surface area contributed by atoms with Gasteiger partial charge in [-0.3, -0.25) is 0 Å². The van der Waals surface area contributed by atoms with E-state index in [4.69, 9.17) is 9.15 Å². The van der Waals surface area contributed by atoms with Gasteiger partial charge in [-0.1, -0.05) is 18.9 Å². The van der Waals surface area contributed by atoms with E-state index in [9.17, 15) is 0 Å². The van der Waals surface area contributed by atoms with E-state index in [0.29, 0.717) is 37.5 Å². The smallest absolute Gasteiger partial charge is 0.315 e. The molecule has 0 saturated heterocycles.